The number of non-ortho nitro benzene ring substituents is 1. The van der Waals surface area contributed by atoms with Gasteiger partial charge in [0.2, 0.25) is 0 Å². The zero-order valence-corrected chi connectivity index (χ0v) is 15.1. The third kappa shape index (κ3) is 3.80. The number of nitro groups is 1. The van der Waals surface area contributed by atoms with E-state index < -0.39 is 4.92 Å². The number of fused-ring (bicyclic) bond motifs is 1. The number of amides is 1. The number of piperidine rings is 1. The predicted octanol–water partition coefficient (Wildman–Crippen LogP) is 3.52. The first-order valence-electron chi connectivity index (χ1n) is 9.10. The molecule has 0 aliphatic carbocycles. The first-order chi connectivity index (χ1) is 13.6. The van der Waals surface area contributed by atoms with Crippen LogP contribution in [-0.4, -0.2) is 40.4 Å². The third-order valence-corrected chi connectivity index (χ3v) is 4.92. The summed E-state index contributed by atoms with van der Waals surface area (Å²) in [4.78, 5) is 28.9. The zero-order valence-electron chi connectivity index (χ0n) is 15.1. The van der Waals surface area contributed by atoms with Crippen LogP contribution in [0.2, 0.25) is 0 Å². The fraction of sp³-hybridized carbons (Fsp3) is 0.300. The fourth-order valence-electron chi connectivity index (χ4n) is 3.34. The van der Waals surface area contributed by atoms with Gasteiger partial charge in [0, 0.05) is 31.1 Å². The highest BCUT2D eigenvalue weighted by Crippen LogP contribution is 2.30. The van der Waals surface area contributed by atoms with Crippen molar-refractivity contribution >= 4 is 22.7 Å². The number of likely N-dealkylation sites (tertiary alicyclic amines) is 1. The Balaban J connectivity index is 1.29. The Morgan fingerprint density at radius 1 is 1.18 bits per heavy atom. The number of ether oxygens (including phenoxy) is 1. The molecule has 1 aliphatic heterocycles. The maximum absolute atomic E-state index is 12.4. The van der Waals surface area contributed by atoms with Crippen LogP contribution in [0.3, 0.4) is 0 Å². The summed E-state index contributed by atoms with van der Waals surface area (Å²) in [6, 6.07) is 13.4. The Hall–Kier alpha value is -3.42. The normalized spacial score (nSPS) is 14.9. The number of benzene rings is 2. The van der Waals surface area contributed by atoms with E-state index in [0.29, 0.717) is 18.8 Å². The van der Waals surface area contributed by atoms with Gasteiger partial charge in [-0.05, 0) is 37.1 Å². The number of hydrogen-bond acceptors (Lipinski definition) is 6. The third-order valence-electron chi connectivity index (χ3n) is 4.92. The molecule has 1 saturated heterocycles. The smallest absolute Gasteiger partial charge is 0.269 e. The second-order valence-electron chi connectivity index (χ2n) is 6.71. The second-order valence-corrected chi connectivity index (χ2v) is 6.71. The largest absolute Gasteiger partial charge is 0.484 e. The molecule has 1 fully saturated rings. The van der Waals surface area contributed by atoms with Gasteiger partial charge in [-0.3, -0.25) is 14.9 Å². The Labute approximate surface area is 160 Å². The number of para-hydroxylation sites is 2. The average molecular weight is 381 g/mol. The number of carbonyl (C=O) groups is 1. The van der Waals surface area contributed by atoms with Gasteiger partial charge in [-0.25, -0.2) is 4.98 Å². The van der Waals surface area contributed by atoms with E-state index in [2.05, 4.69) is 4.98 Å². The molecule has 3 aromatic rings. The van der Waals surface area contributed by atoms with Crippen molar-refractivity contribution in [2.75, 3.05) is 19.7 Å². The minimum absolute atomic E-state index is 0.0139. The summed E-state index contributed by atoms with van der Waals surface area (Å²) in [5.41, 5.74) is 1.62. The highest BCUT2D eigenvalue weighted by molar-refractivity contribution is 5.78. The molecule has 0 spiro atoms. The number of nitrogens with zero attached hydrogens (tertiary/aromatic N) is 3. The standard InChI is InChI=1S/C20H19N3O5/c24-19(13-27-16-7-5-15(6-8-16)23(25)26)22-11-9-14(10-12-22)20-21-17-3-1-2-4-18(17)28-20/h1-8,14H,9-13H2. The highest BCUT2D eigenvalue weighted by Gasteiger charge is 2.27. The quantitative estimate of drug-likeness (QED) is 0.495. The number of hydrogen-bond donors (Lipinski definition) is 0. The average Bonchev–Trinajstić information content (AvgIpc) is 3.16. The van der Waals surface area contributed by atoms with Crippen molar-refractivity contribution in [2.24, 2.45) is 0 Å². The molecule has 0 N–H and O–H groups in total. The number of rotatable bonds is 5. The van der Waals surface area contributed by atoms with Gasteiger partial charge in [0.05, 0.1) is 4.92 Å². The maximum Gasteiger partial charge on any atom is 0.269 e. The monoisotopic (exact) mass is 381 g/mol. The molecule has 4 rings (SSSR count). The molecule has 0 bridgehead atoms. The molecule has 2 aromatic carbocycles. The van der Waals surface area contributed by atoms with Crippen molar-refractivity contribution in [1.82, 2.24) is 9.88 Å². The van der Waals surface area contributed by atoms with Gasteiger partial charge >= 0.3 is 0 Å². The molecule has 1 aliphatic rings. The zero-order chi connectivity index (χ0) is 19.5. The predicted molar refractivity (Wildman–Crippen MR) is 101 cm³/mol. The summed E-state index contributed by atoms with van der Waals surface area (Å²) in [5.74, 6) is 1.26. The van der Waals surface area contributed by atoms with Crippen LogP contribution in [0.25, 0.3) is 11.1 Å². The van der Waals surface area contributed by atoms with Crippen LogP contribution in [0, 0.1) is 10.1 Å². The topological polar surface area (TPSA) is 98.7 Å². The van der Waals surface area contributed by atoms with Crippen molar-refractivity contribution in [3.05, 3.63) is 64.5 Å². The van der Waals surface area contributed by atoms with Crippen LogP contribution >= 0.6 is 0 Å². The van der Waals surface area contributed by atoms with Gasteiger partial charge in [-0.2, -0.15) is 0 Å². The van der Waals surface area contributed by atoms with E-state index in [1.54, 1.807) is 4.90 Å². The maximum atomic E-state index is 12.4. The van der Waals surface area contributed by atoms with Crippen LogP contribution in [0.4, 0.5) is 5.69 Å². The Kier molecular flexibility index (Phi) is 4.92. The molecule has 8 nitrogen and oxygen atoms in total. The van der Waals surface area contributed by atoms with Gasteiger partial charge < -0.3 is 14.1 Å². The summed E-state index contributed by atoms with van der Waals surface area (Å²) in [5, 5.41) is 10.7. The van der Waals surface area contributed by atoms with Crippen LogP contribution in [0.5, 0.6) is 5.75 Å². The first-order valence-corrected chi connectivity index (χ1v) is 9.10. The van der Waals surface area contributed by atoms with E-state index >= 15 is 0 Å². The molecule has 144 valence electrons. The molecule has 1 amide bonds. The van der Waals surface area contributed by atoms with Gasteiger partial charge in [0.1, 0.15) is 11.3 Å². The number of aromatic nitrogens is 1. The van der Waals surface area contributed by atoms with Crippen molar-refractivity contribution in [2.45, 2.75) is 18.8 Å². The van der Waals surface area contributed by atoms with Crippen molar-refractivity contribution in [3.8, 4) is 5.75 Å². The van der Waals surface area contributed by atoms with E-state index in [1.807, 2.05) is 24.3 Å². The van der Waals surface area contributed by atoms with E-state index in [-0.39, 0.29) is 24.1 Å². The number of carbonyl (C=O) groups excluding carboxylic acids is 1. The van der Waals surface area contributed by atoms with Gasteiger partial charge in [0.25, 0.3) is 11.6 Å². The number of oxazole rings is 1. The lowest BCUT2D eigenvalue weighted by Crippen LogP contribution is -2.40. The molecular formula is C20H19N3O5. The van der Waals surface area contributed by atoms with Crippen molar-refractivity contribution in [1.29, 1.82) is 0 Å². The lowest BCUT2D eigenvalue weighted by molar-refractivity contribution is -0.384. The van der Waals surface area contributed by atoms with Crippen LogP contribution < -0.4 is 4.74 Å². The molecule has 8 heteroatoms. The summed E-state index contributed by atoms with van der Waals surface area (Å²) < 4.78 is 11.3. The summed E-state index contributed by atoms with van der Waals surface area (Å²) in [6.07, 6.45) is 1.58. The number of nitro benzene ring substituents is 1. The lowest BCUT2D eigenvalue weighted by Gasteiger charge is -2.30. The summed E-state index contributed by atoms with van der Waals surface area (Å²) >= 11 is 0. The molecule has 28 heavy (non-hydrogen) atoms. The van der Waals surface area contributed by atoms with Crippen molar-refractivity contribution in [3.63, 3.8) is 0 Å². The first kappa shape index (κ1) is 18.0. The Bertz CT molecular complexity index is 958. The molecule has 0 saturated carbocycles. The van der Waals surface area contributed by atoms with Gasteiger partial charge in [-0.15, -0.1) is 0 Å². The van der Waals surface area contributed by atoms with Gasteiger partial charge in [0.15, 0.2) is 18.1 Å². The fourth-order valence-corrected chi connectivity index (χ4v) is 3.34. The Morgan fingerprint density at radius 3 is 2.57 bits per heavy atom. The van der Waals surface area contributed by atoms with E-state index in [0.717, 1.165) is 29.8 Å². The highest BCUT2D eigenvalue weighted by atomic mass is 16.6. The Morgan fingerprint density at radius 2 is 1.89 bits per heavy atom. The van der Waals surface area contributed by atoms with E-state index in [1.165, 1.54) is 24.3 Å². The SMILES string of the molecule is O=C(COc1ccc([N+](=O)[O-])cc1)N1CCC(c2nc3ccccc3o2)CC1. The van der Waals surface area contributed by atoms with Crippen LogP contribution in [-0.2, 0) is 4.79 Å². The van der Waals surface area contributed by atoms with Gasteiger partial charge in [-0.1, -0.05) is 12.1 Å². The lowest BCUT2D eigenvalue weighted by atomic mass is 9.97. The van der Waals surface area contributed by atoms with E-state index in [9.17, 15) is 14.9 Å². The van der Waals surface area contributed by atoms with Crippen LogP contribution in [0.1, 0.15) is 24.7 Å². The summed E-state index contributed by atoms with van der Waals surface area (Å²) in [6.45, 7) is 1.14. The molecule has 0 unspecified atom stereocenters. The second kappa shape index (κ2) is 7.67. The molecular weight excluding hydrogens is 362 g/mol. The summed E-state index contributed by atoms with van der Waals surface area (Å²) in [7, 11) is 0. The minimum Gasteiger partial charge on any atom is -0.484 e. The van der Waals surface area contributed by atoms with Crippen molar-refractivity contribution < 1.29 is 18.9 Å². The molecule has 1 aromatic heterocycles. The molecule has 0 radical (unpaired) electrons. The molecule has 2 heterocycles. The molecule has 0 atom stereocenters. The van der Waals surface area contributed by atoms with E-state index in [4.69, 9.17) is 9.15 Å². The van der Waals surface area contributed by atoms with Crippen LogP contribution in [0.15, 0.2) is 52.9 Å². The minimum atomic E-state index is -0.476.